The molecule has 1 aliphatic carbocycles. The van der Waals surface area contributed by atoms with Crippen LogP contribution in [0, 0.1) is 12.3 Å². The van der Waals surface area contributed by atoms with Crippen LogP contribution >= 0.6 is 11.6 Å². The lowest BCUT2D eigenvalue weighted by molar-refractivity contribution is -0.105. The average molecular weight is 227 g/mol. The molecule has 4 heteroatoms. The molecule has 0 bridgehead atoms. The van der Waals surface area contributed by atoms with E-state index in [-0.39, 0.29) is 12.7 Å². The van der Waals surface area contributed by atoms with Crippen molar-refractivity contribution in [1.82, 2.24) is 0 Å². The van der Waals surface area contributed by atoms with E-state index in [1.165, 1.54) is 0 Å². The second kappa shape index (κ2) is 5.59. The van der Waals surface area contributed by atoms with Gasteiger partial charge >= 0.3 is 0 Å². The van der Waals surface area contributed by atoms with Gasteiger partial charge in [0.25, 0.3) is 0 Å². The Hall–Kier alpha value is -1.24. The van der Waals surface area contributed by atoms with E-state index in [4.69, 9.17) is 27.9 Å². The average Bonchev–Trinajstić information content (AvgIpc) is 2.27. The lowest BCUT2D eigenvalue weighted by Gasteiger charge is -2.23. The Morgan fingerprint density at radius 2 is 2.40 bits per heavy atom. The summed E-state index contributed by atoms with van der Waals surface area (Å²) in [6.45, 7) is 0.188. The van der Waals surface area contributed by atoms with Crippen LogP contribution in [0.1, 0.15) is 12.8 Å². The van der Waals surface area contributed by atoms with Crippen molar-refractivity contribution in [1.29, 1.82) is 0 Å². The third kappa shape index (κ3) is 2.85. The molecule has 1 atom stereocenters. The van der Waals surface area contributed by atoms with E-state index in [0.29, 0.717) is 35.3 Å². The lowest BCUT2D eigenvalue weighted by Crippen LogP contribution is -2.20. The van der Waals surface area contributed by atoms with E-state index < -0.39 is 0 Å². The number of carbonyl (C=O) groups is 1. The number of aliphatic hydroxyl groups excluding tert-OH is 1. The summed E-state index contributed by atoms with van der Waals surface area (Å²) in [5.74, 6) is 2.35. The van der Waals surface area contributed by atoms with Crippen molar-refractivity contribution in [2.45, 2.75) is 18.9 Å². The first-order chi connectivity index (χ1) is 7.22. The molecule has 0 aromatic rings. The summed E-state index contributed by atoms with van der Waals surface area (Å²) < 4.78 is 5.30. The Labute approximate surface area is 93.4 Å². The molecule has 80 valence electrons. The van der Waals surface area contributed by atoms with Crippen LogP contribution in [0.2, 0.25) is 0 Å². The van der Waals surface area contributed by atoms with Crippen LogP contribution in [0.25, 0.3) is 0 Å². The minimum Gasteiger partial charge on any atom is -0.515 e. The molecule has 1 unspecified atom stereocenters. The van der Waals surface area contributed by atoms with Gasteiger partial charge in [-0.15, -0.1) is 6.42 Å². The third-order valence-electron chi connectivity index (χ3n) is 2.16. The normalized spacial score (nSPS) is 24.0. The van der Waals surface area contributed by atoms with Crippen molar-refractivity contribution in [2.24, 2.45) is 0 Å². The van der Waals surface area contributed by atoms with Crippen LogP contribution in [0.15, 0.2) is 22.4 Å². The van der Waals surface area contributed by atoms with Gasteiger partial charge in [0.2, 0.25) is 0 Å². The number of allylic oxidation sites excluding steroid dienone is 1. The molecule has 0 amide bonds. The molecule has 0 aromatic carbocycles. The molecule has 0 radical (unpaired) electrons. The van der Waals surface area contributed by atoms with Crippen LogP contribution in [0.5, 0.6) is 0 Å². The molecule has 1 N–H and O–H groups in total. The Balaban J connectivity index is 2.80. The van der Waals surface area contributed by atoms with E-state index >= 15 is 0 Å². The number of aliphatic hydroxyl groups is 1. The summed E-state index contributed by atoms with van der Waals surface area (Å²) in [4.78, 5) is 10.7. The molecule has 0 heterocycles. The van der Waals surface area contributed by atoms with E-state index in [9.17, 15) is 4.79 Å². The predicted octanol–water partition coefficient (Wildman–Crippen LogP) is 1.93. The largest absolute Gasteiger partial charge is 0.515 e. The number of halogens is 1. The smallest absolute Gasteiger partial charge is 0.147 e. The molecule has 0 aromatic heterocycles. The first-order valence-electron chi connectivity index (χ1n) is 4.45. The minimum atomic E-state index is -0.192. The maximum atomic E-state index is 10.7. The highest BCUT2D eigenvalue weighted by Gasteiger charge is 2.24. The maximum Gasteiger partial charge on any atom is 0.147 e. The number of ether oxygens (including phenoxy) is 1. The number of hydrogen-bond acceptors (Lipinski definition) is 3. The van der Waals surface area contributed by atoms with E-state index in [1.54, 1.807) is 0 Å². The first kappa shape index (κ1) is 11.8. The highest BCUT2D eigenvalue weighted by atomic mass is 35.5. The molecule has 1 aliphatic rings. The molecule has 0 saturated carbocycles. The first-order valence-corrected chi connectivity index (χ1v) is 4.83. The molecular weight excluding hydrogens is 216 g/mol. The van der Waals surface area contributed by atoms with Crippen molar-refractivity contribution >= 4 is 17.9 Å². The number of terminal acetylenes is 1. The van der Waals surface area contributed by atoms with Gasteiger partial charge in [0.05, 0.1) is 17.4 Å². The highest BCUT2D eigenvalue weighted by molar-refractivity contribution is 6.33. The zero-order valence-electron chi connectivity index (χ0n) is 8.07. The van der Waals surface area contributed by atoms with Gasteiger partial charge in [0, 0.05) is 24.0 Å². The van der Waals surface area contributed by atoms with Crippen LogP contribution in [0.3, 0.4) is 0 Å². The Morgan fingerprint density at radius 3 is 2.93 bits per heavy atom. The van der Waals surface area contributed by atoms with Crippen LogP contribution in [-0.2, 0) is 9.53 Å². The van der Waals surface area contributed by atoms with Crippen molar-refractivity contribution in [3.8, 4) is 12.3 Å². The number of hydrogen-bond donors (Lipinski definition) is 1. The summed E-state index contributed by atoms with van der Waals surface area (Å²) in [6.07, 6.45) is 7.34. The van der Waals surface area contributed by atoms with Crippen molar-refractivity contribution < 1.29 is 14.6 Å². The Morgan fingerprint density at radius 1 is 1.67 bits per heavy atom. The zero-order chi connectivity index (χ0) is 11.3. The maximum absolute atomic E-state index is 10.7. The Bertz CT molecular complexity index is 349. The Kier molecular flexibility index (Phi) is 4.41. The van der Waals surface area contributed by atoms with Gasteiger partial charge in [-0.1, -0.05) is 17.5 Å². The van der Waals surface area contributed by atoms with Gasteiger partial charge in [-0.05, 0) is 0 Å². The molecule has 1 rings (SSSR count). The SMILES string of the molecule is C#CCOC1CC(C=O)=C(Cl)/C(=C/O)C1. The molecular formula is C11H11ClO3. The summed E-state index contributed by atoms with van der Waals surface area (Å²) in [6, 6.07) is 0. The molecule has 0 aliphatic heterocycles. The standard InChI is InChI=1S/C11H11ClO3/c1-2-3-15-10-4-8(6-13)11(12)9(5-10)7-14/h1,6-7,10,13H,3-5H2/b8-6+. The van der Waals surface area contributed by atoms with Crippen LogP contribution in [0.4, 0.5) is 0 Å². The topological polar surface area (TPSA) is 46.5 Å². The van der Waals surface area contributed by atoms with Crippen molar-refractivity contribution in [3.63, 3.8) is 0 Å². The zero-order valence-corrected chi connectivity index (χ0v) is 8.83. The summed E-state index contributed by atoms with van der Waals surface area (Å²) in [7, 11) is 0. The number of carbonyl (C=O) groups excluding carboxylic acids is 1. The quantitative estimate of drug-likeness (QED) is 0.455. The highest BCUT2D eigenvalue weighted by Crippen LogP contribution is 2.32. The molecule has 0 saturated heterocycles. The van der Waals surface area contributed by atoms with Gasteiger partial charge in [-0.2, -0.15) is 0 Å². The van der Waals surface area contributed by atoms with E-state index in [1.807, 2.05) is 0 Å². The molecule has 0 spiro atoms. The summed E-state index contributed by atoms with van der Waals surface area (Å²) >= 11 is 5.87. The number of aldehydes is 1. The predicted molar refractivity (Wildman–Crippen MR) is 57.5 cm³/mol. The second-order valence-corrected chi connectivity index (χ2v) is 3.53. The van der Waals surface area contributed by atoms with Gasteiger partial charge in [0.15, 0.2) is 0 Å². The fourth-order valence-electron chi connectivity index (χ4n) is 1.44. The summed E-state index contributed by atoms with van der Waals surface area (Å²) in [5, 5.41) is 9.24. The molecule has 0 fully saturated rings. The van der Waals surface area contributed by atoms with Gasteiger partial charge < -0.3 is 9.84 Å². The molecule has 3 nitrogen and oxygen atoms in total. The summed E-state index contributed by atoms with van der Waals surface area (Å²) in [5.41, 5.74) is 0.942. The fraction of sp³-hybridized carbons (Fsp3) is 0.364. The van der Waals surface area contributed by atoms with Crippen molar-refractivity contribution in [3.05, 3.63) is 22.4 Å². The van der Waals surface area contributed by atoms with Gasteiger partial charge in [-0.25, -0.2) is 0 Å². The van der Waals surface area contributed by atoms with Crippen LogP contribution < -0.4 is 0 Å². The minimum absolute atomic E-state index is 0.188. The van der Waals surface area contributed by atoms with Crippen LogP contribution in [-0.4, -0.2) is 24.1 Å². The number of rotatable bonds is 3. The monoisotopic (exact) mass is 226 g/mol. The second-order valence-electron chi connectivity index (χ2n) is 3.16. The lowest BCUT2D eigenvalue weighted by atomic mass is 9.94. The van der Waals surface area contributed by atoms with Gasteiger partial charge in [-0.3, -0.25) is 4.79 Å². The van der Waals surface area contributed by atoms with E-state index in [0.717, 1.165) is 6.26 Å². The van der Waals surface area contributed by atoms with Crippen molar-refractivity contribution in [2.75, 3.05) is 6.61 Å². The van der Waals surface area contributed by atoms with E-state index in [2.05, 4.69) is 5.92 Å². The molecule has 15 heavy (non-hydrogen) atoms. The fourth-order valence-corrected chi connectivity index (χ4v) is 1.69. The van der Waals surface area contributed by atoms with Gasteiger partial charge in [0.1, 0.15) is 12.9 Å². The third-order valence-corrected chi connectivity index (χ3v) is 2.64.